The molecule has 1 N–H and O–H groups in total. The normalized spacial score (nSPS) is 17.7. The monoisotopic (exact) mass is 516 g/mol. The number of benzene rings is 2. The van der Waals surface area contributed by atoms with Crippen LogP contribution >= 0.6 is 11.3 Å². The zero-order valence-electron chi connectivity index (χ0n) is 21.3. The summed E-state index contributed by atoms with van der Waals surface area (Å²) < 4.78 is 0. The largest absolute Gasteiger partial charge is 0.350 e. The molecule has 2 aliphatic rings. The fourth-order valence-electron chi connectivity index (χ4n) is 5.37. The first-order chi connectivity index (χ1) is 18.0. The quantitative estimate of drug-likeness (QED) is 0.476. The number of carbonyl (C=O) groups is 3. The van der Waals surface area contributed by atoms with Crippen molar-refractivity contribution in [2.45, 2.75) is 64.7 Å². The van der Waals surface area contributed by atoms with Crippen LogP contribution in [0.5, 0.6) is 0 Å². The lowest BCUT2D eigenvalue weighted by atomic mass is 10.1. The molecule has 0 radical (unpaired) electrons. The van der Waals surface area contributed by atoms with Crippen LogP contribution in [0.15, 0.2) is 54.0 Å². The van der Waals surface area contributed by atoms with Gasteiger partial charge in [0, 0.05) is 25.2 Å². The van der Waals surface area contributed by atoms with Crippen molar-refractivity contribution >= 4 is 29.1 Å². The van der Waals surface area contributed by atoms with E-state index in [0.717, 1.165) is 40.1 Å². The minimum atomic E-state index is -0.555. The first-order valence-electron chi connectivity index (χ1n) is 12.9. The third kappa shape index (κ3) is 5.03. The van der Waals surface area contributed by atoms with Gasteiger partial charge in [-0.05, 0) is 48.9 Å². The Labute approximate surface area is 221 Å². The first kappa shape index (κ1) is 25.1. The molecule has 0 bridgehead atoms. The second-order valence-electron chi connectivity index (χ2n) is 9.77. The maximum absolute atomic E-state index is 13.7. The summed E-state index contributed by atoms with van der Waals surface area (Å²) in [6.45, 7) is 5.39. The molecule has 192 valence electrons. The zero-order chi connectivity index (χ0) is 25.9. The Bertz CT molecular complexity index is 1300. The number of aromatic nitrogens is 1. The Kier molecular flexibility index (Phi) is 7.37. The Hall–Kier alpha value is -3.52. The summed E-state index contributed by atoms with van der Waals surface area (Å²) in [5.41, 5.74) is 6.59. The number of carbonyl (C=O) groups excluding carboxylic acids is 3. The van der Waals surface area contributed by atoms with Gasteiger partial charge in [-0.1, -0.05) is 55.8 Å². The molecule has 0 saturated carbocycles. The number of hydrogen-bond donors (Lipinski definition) is 1. The van der Waals surface area contributed by atoms with Crippen molar-refractivity contribution in [3.63, 3.8) is 0 Å². The summed E-state index contributed by atoms with van der Waals surface area (Å²) in [5, 5.41) is 3.03. The van der Waals surface area contributed by atoms with Gasteiger partial charge in [0.2, 0.25) is 11.8 Å². The molecule has 7 nitrogen and oxygen atoms in total. The number of nitrogens with zero attached hydrogens (tertiary/aromatic N) is 3. The van der Waals surface area contributed by atoms with E-state index in [9.17, 15) is 14.4 Å². The van der Waals surface area contributed by atoms with Gasteiger partial charge in [-0.2, -0.15) is 0 Å². The molecule has 5 rings (SSSR count). The summed E-state index contributed by atoms with van der Waals surface area (Å²) in [7, 11) is 0. The van der Waals surface area contributed by atoms with Crippen molar-refractivity contribution in [3.8, 4) is 10.4 Å². The predicted octanol–water partition coefficient (Wildman–Crippen LogP) is 4.55. The van der Waals surface area contributed by atoms with Crippen LogP contribution in [0.2, 0.25) is 0 Å². The van der Waals surface area contributed by atoms with Gasteiger partial charge in [-0.15, -0.1) is 11.3 Å². The maximum atomic E-state index is 13.7. The number of likely N-dealkylation sites (tertiary alicyclic amines) is 1. The standard InChI is InChI=1S/C29H32N4O3S/c1-3-7-25(33-17-22-8-4-5-9-23(22)28(33)35)29(36)32-15-6-10-24(32)27(34)30-16-20-11-13-21(14-12-20)26-19(2)31-18-37-26/h4-5,8-9,11-14,18,24-25H,3,6-7,10,15-17H2,1-2H3,(H,30,34)/t24-,25-/m0/s1. The Morgan fingerprint density at radius 2 is 1.95 bits per heavy atom. The summed E-state index contributed by atoms with van der Waals surface area (Å²) >= 11 is 1.61. The van der Waals surface area contributed by atoms with E-state index in [2.05, 4.69) is 10.3 Å². The molecule has 8 heteroatoms. The van der Waals surface area contributed by atoms with Crippen LogP contribution in [0.4, 0.5) is 0 Å². The highest BCUT2D eigenvalue weighted by molar-refractivity contribution is 7.13. The summed E-state index contributed by atoms with van der Waals surface area (Å²) in [4.78, 5) is 48.9. The molecule has 2 aliphatic heterocycles. The molecule has 2 aromatic carbocycles. The van der Waals surface area contributed by atoms with Crippen molar-refractivity contribution < 1.29 is 14.4 Å². The Balaban J connectivity index is 1.24. The molecule has 3 heterocycles. The fourth-order valence-corrected chi connectivity index (χ4v) is 6.18. The molecule has 1 saturated heterocycles. The van der Waals surface area contributed by atoms with Crippen LogP contribution in [0.1, 0.15) is 59.8 Å². The first-order valence-corrected chi connectivity index (χ1v) is 13.8. The van der Waals surface area contributed by atoms with Crippen LogP contribution in [0.3, 0.4) is 0 Å². The van der Waals surface area contributed by atoms with Crippen LogP contribution in [-0.4, -0.2) is 51.1 Å². The fraction of sp³-hybridized carbons (Fsp3) is 0.379. The highest BCUT2D eigenvalue weighted by Gasteiger charge is 2.42. The number of thiazole rings is 1. The highest BCUT2D eigenvalue weighted by Crippen LogP contribution is 2.29. The topological polar surface area (TPSA) is 82.6 Å². The maximum Gasteiger partial charge on any atom is 0.255 e. The molecule has 37 heavy (non-hydrogen) atoms. The van der Waals surface area contributed by atoms with Crippen LogP contribution in [-0.2, 0) is 22.7 Å². The third-order valence-electron chi connectivity index (χ3n) is 7.34. The highest BCUT2D eigenvalue weighted by atomic mass is 32.1. The van der Waals surface area contributed by atoms with Gasteiger partial charge in [0.15, 0.2) is 0 Å². The number of fused-ring (bicyclic) bond motifs is 1. The van der Waals surface area contributed by atoms with E-state index in [1.807, 2.05) is 67.9 Å². The summed E-state index contributed by atoms with van der Waals surface area (Å²) in [5.74, 6) is -0.357. The van der Waals surface area contributed by atoms with Crippen molar-refractivity contribution in [1.29, 1.82) is 0 Å². The van der Waals surface area contributed by atoms with Gasteiger partial charge >= 0.3 is 0 Å². The second-order valence-corrected chi connectivity index (χ2v) is 10.6. The van der Waals surface area contributed by atoms with Gasteiger partial charge in [-0.3, -0.25) is 14.4 Å². The van der Waals surface area contributed by atoms with Gasteiger partial charge < -0.3 is 15.1 Å². The van der Waals surface area contributed by atoms with E-state index in [1.54, 1.807) is 21.1 Å². The number of nitrogens with one attached hydrogen (secondary N) is 1. The predicted molar refractivity (Wildman–Crippen MR) is 144 cm³/mol. The van der Waals surface area contributed by atoms with Gasteiger partial charge in [0.25, 0.3) is 5.91 Å². The van der Waals surface area contributed by atoms with E-state index in [4.69, 9.17) is 0 Å². The van der Waals surface area contributed by atoms with Crippen molar-refractivity contribution in [2.75, 3.05) is 6.54 Å². The summed E-state index contributed by atoms with van der Waals surface area (Å²) in [6.07, 6.45) is 2.77. The smallest absolute Gasteiger partial charge is 0.255 e. The third-order valence-corrected chi connectivity index (χ3v) is 8.32. The minimum Gasteiger partial charge on any atom is -0.350 e. The van der Waals surface area contributed by atoms with Gasteiger partial charge in [0.05, 0.1) is 16.1 Å². The molecule has 1 aromatic heterocycles. The lowest BCUT2D eigenvalue weighted by Gasteiger charge is -2.33. The van der Waals surface area contributed by atoms with Crippen LogP contribution in [0.25, 0.3) is 10.4 Å². The van der Waals surface area contributed by atoms with E-state index in [1.165, 1.54) is 0 Å². The molecule has 1 fully saturated rings. The molecular formula is C29H32N4O3S. The number of hydrogen-bond acceptors (Lipinski definition) is 5. The van der Waals surface area contributed by atoms with Crippen LogP contribution in [0, 0.1) is 6.92 Å². The molecule has 0 unspecified atom stereocenters. The molecular weight excluding hydrogens is 484 g/mol. The molecule has 2 atom stereocenters. The lowest BCUT2D eigenvalue weighted by Crippen LogP contribution is -2.53. The Morgan fingerprint density at radius 1 is 1.16 bits per heavy atom. The molecule has 0 aliphatic carbocycles. The average Bonchev–Trinajstić information content (AvgIpc) is 3.65. The molecule has 3 aromatic rings. The average molecular weight is 517 g/mol. The number of aryl methyl sites for hydroxylation is 1. The van der Waals surface area contributed by atoms with Crippen molar-refractivity contribution in [1.82, 2.24) is 20.1 Å². The van der Waals surface area contributed by atoms with E-state index in [0.29, 0.717) is 38.0 Å². The van der Waals surface area contributed by atoms with E-state index in [-0.39, 0.29) is 17.7 Å². The van der Waals surface area contributed by atoms with Gasteiger partial charge in [0.1, 0.15) is 12.1 Å². The number of rotatable bonds is 8. The van der Waals surface area contributed by atoms with Gasteiger partial charge in [-0.25, -0.2) is 4.98 Å². The molecule has 3 amide bonds. The van der Waals surface area contributed by atoms with Crippen LogP contribution < -0.4 is 5.32 Å². The summed E-state index contributed by atoms with van der Waals surface area (Å²) in [6, 6.07) is 14.6. The lowest BCUT2D eigenvalue weighted by molar-refractivity contribution is -0.142. The Morgan fingerprint density at radius 3 is 2.65 bits per heavy atom. The second kappa shape index (κ2) is 10.8. The van der Waals surface area contributed by atoms with E-state index < -0.39 is 12.1 Å². The van der Waals surface area contributed by atoms with Crippen molar-refractivity contribution in [2.24, 2.45) is 0 Å². The zero-order valence-corrected chi connectivity index (χ0v) is 22.1. The molecule has 0 spiro atoms. The SMILES string of the molecule is CCC[C@@H](C(=O)N1CCC[C@H]1C(=O)NCc1ccc(-c2scnc2C)cc1)N1Cc2ccccc2C1=O. The number of amides is 3. The van der Waals surface area contributed by atoms with Crippen molar-refractivity contribution in [3.05, 3.63) is 76.4 Å². The minimum absolute atomic E-state index is 0.0976. The van der Waals surface area contributed by atoms with E-state index >= 15 is 0 Å².